The summed E-state index contributed by atoms with van der Waals surface area (Å²) in [6.45, 7) is -0.669. The first-order chi connectivity index (χ1) is 15.2. The van der Waals surface area contributed by atoms with E-state index in [1.807, 2.05) is 0 Å². The number of carbonyl (C=O) groups is 1. The molecule has 11 nitrogen and oxygen atoms in total. The van der Waals surface area contributed by atoms with Gasteiger partial charge < -0.3 is 50.0 Å². The number of ketones is 1. The predicted molar refractivity (Wildman–Crippen MR) is 105 cm³/mol. The lowest BCUT2D eigenvalue weighted by atomic mass is 9.99. The maximum absolute atomic E-state index is 12.9. The van der Waals surface area contributed by atoms with Crippen LogP contribution in [0.3, 0.4) is 0 Å². The Labute approximate surface area is 180 Å². The summed E-state index contributed by atoms with van der Waals surface area (Å²) in [7, 11) is 0. The second-order valence-corrected chi connectivity index (χ2v) is 7.32. The first-order valence-electron chi connectivity index (χ1n) is 9.50. The van der Waals surface area contributed by atoms with Crippen molar-refractivity contribution in [3.8, 4) is 28.7 Å². The molecule has 2 heterocycles. The Morgan fingerprint density at radius 1 is 0.969 bits per heavy atom. The van der Waals surface area contributed by atoms with E-state index in [-0.39, 0.29) is 34.3 Å². The number of phenolic OH excluding ortho intramolecular Hbond substituents is 3. The quantitative estimate of drug-likeness (QED) is 0.238. The molecule has 5 atom stereocenters. The third kappa shape index (κ3) is 3.83. The molecular weight excluding hydrogens is 428 g/mol. The molecule has 5 unspecified atom stereocenters. The number of aliphatic hydroxyl groups excluding tert-OH is 4. The van der Waals surface area contributed by atoms with Crippen LogP contribution in [0.15, 0.2) is 36.1 Å². The molecule has 7 N–H and O–H groups in total. The van der Waals surface area contributed by atoms with Gasteiger partial charge in [0.2, 0.25) is 12.1 Å². The van der Waals surface area contributed by atoms with Crippen LogP contribution < -0.4 is 9.47 Å². The van der Waals surface area contributed by atoms with Crippen molar-refractivity contribution in [1.29, 1.82) is 0 Å². The number of phenols is 3. The highest BCUT2D eigenvalue weighted by Gasteiger charge is 2.45. The number of aliphatic hydroxyl groups is 4. The lowest BCUT2D eigenvalue weighted by molar-refractivity contribution is -0.277. The van der Waals surface area contributed by atoms with Gasteiger partial charge in [-0.05, 0) is 23.8 Å². The van der Waals surface area contributed by atoms with Gasteiger partial charge in [0.1, 0.15) is 47.2 Å². The summed E-state index contributed by atoms with van der Waals surface area (Å²) < 4.78 is 16.3. The predicted octanol–water partition coefficient (Wildman–Crippen LogP) is -0.402. The molecule has 1 fully saturated rings. The van der Waals surface area contributed by atoms with Gasteiger partial charge in [-0.25, -0.2) is 0 Å². The van der Waals surface area contributed by atoms with E-state index in [4.69, 9.17) is 14.2 Å². The normalized spacial score (nSPS) is 28.4. The minimum Gasteiger partial charge on any atom is -0.508 e. The van der Waals surface area contributed by atoms with E-state index in [1.54, 1.807) is 0 Å². The van der Waals surface area contributed by atoms with E-state index in [0.29, 0.717) is 5.56 Å². The second-order valence-electron chi connectivity index (χ2n) is 7.32. The molecule has 0 saturated carbocycles. The first kappa shape index (κ1) is 21.9. The van der Waals surface area contributed by atoms with Gasteiger partial charge in [-0.1, -0.05) is 6.07 Å². The fraction of sp³-hybridized carbons (Fsp3) is 0.286. The Balaban J connectivity index is 1.65. The largest absolute Gasteiger partial charge is 0.508 e. The molecule has 0 bridgehead atoms. The van der Waals surface area contributed by atoms with Crippen LogP contribution in [0.25, 0.3) is 6.08 Å². The highest BCUT2D eigenvalue weighted by Crippen LogP contribution is 2.42. The van der Waals surface area contributed by atoms with Crippen LogP contribution in [0.2, 0.25) is 0 Å². The van der Waals surface area contributed by atoms with Crippen molar-refractivity contribution in [2.45, 2.75) is 30.7 Å². The zero-order valence-corrected chi connectivity index (χ0v) is 16.3. The van der Waals surface area contributed by atoms with E-state index in [9.17, 15) is 40.5 Å². The molecule has 2 aromatic rings. The monoisotopic (exact) mass is 448 g/mol. The summed E-state index contributed by atoms with van der Waals surface area (Å²) in [5.74, 6) is -2.17. The Bertz CT molecular complexity index is 1080. The van der Waals surface area contributed by atoms with Crippen LogP contribution in [0.5, 0.6) is 28.7 Å². The van der Waals surface area contributed by atoms with E-state index in [0.717, 1.165) is 6.07 Å². The number of carbonyl (C=O) groups excluding carboxylic acids is 1. The van der Waals surface area contributed by atoms with Crippen molar-refractivity contribution in [2.75, 3.05) is 6.61 Å². The third-order valence-corrected chi connectivity index (χ3v) is 5.11. The van der Waals surface area contributed by atoms with Crippen LogP contribution in [0.4, 0.5) is 0 Å². The maximum atomic E-state index is 12.9. The fourth-order valence-electron chi connectivity index (χ4n) is 3.43. The Morgan fingerprint density at radius 3 is 2.41 bits per heavy atom. The number of hydrogen-bond donors (Lipinski definition) is 7. The van der Waals surface area contributed by atoms with Crippen molar-refractivity contribution in [2.24, 2.45) is 0 Å². The minimum absolute atomic E-state index is 0.0520. The molecule has 0 spiro atoms. The molecule has 2 aromatic carbocycles. The summed E-state index contributed by atoms with van der Waals surface area (Å²) in [6.07, 6.45) is -6.51. The molecular formula is C21H20O11. The summed E-state index contributed by atoms with van der Waals surface area (Å²) in [5.41, 5.74) is 0.242. The second kappa shape index (κ2) is 8.30. The number of Topliss-reactive ketones (excluding diaryl/α,β-unsaturated/α-hetero) is 1. The zero-order valence-electron chi connectivity index (χ0n) is 16.3. The van der Waals surface area contributed by atoms with Gasteiger partial charge in [0.15, 0.2) is 17.3 Å². The molecule has 1 saturated heterocycles. The van der Waals surface area contributed by atoms with E-state index >= 15 is 0 Å². The summed E-state index contributed by atoms with van der Waals surface area (Å²) >= 11 is 0. The van der Waals surface area contributed by atoms with Gasteiger partial charge in [0, 0.05) is 12.1 Å². The molecule has 11 heteroatoms. The van der Waals surface area contributed by atoms with Crippen molar-refractivity contribution < 1.29 is 54.8 Å². The molecule has 4 rings (SSSR count). The van der Waals surface area contributed by atoms with Crippen LogP contribution >= 0.6 is 0 Å². The van der Waals surface area contributed by atoms with E-state index < -0.39 is 48.8 Å². The Morgan fingerprint density at radius 2 is 1.72 bits per heavy atom. The van der Waals surface area contributed by atoms with Gasteiger partial charge in [0.05, 0.1) is 6.61 Å². The van der Waals surface area contributed by atoms with Crippen molar-refractivity contribution >= 4 is 11.9 Å². The van der Waals surface area contributed by atoms with Crippen molar-refractivity contribution in [3.05, 3.63) is 47.2 Å². The summed E-state index contributed by atoms with van der Waals surface area (Å²) in [5, 5.41) is 68.4. The smallest absolute Gasteiger partial charge is 0.235 e. The van der Waals surface area contributed by atoms with Gasteiger partial charge in [-0.3, -0.25) is 4.79 Å². The van der Waals surface area contributed by atoms with Gasteiger partial charge in [-0.2, -0.15) is 0 Å². The van der Waals surface area contributed by atoms with Gasteiger partial charge in [-0.15, -0.1) is 0 Å². The highest BCUT2D eigenvalue weighted by molar-refractivity contribution is 6.16. The lowest BCUT2D eigenvalue weighted by Gasteiger charge is -2.39. The zero-order chi connectivity index (χ0) is 23.2. The van der Waals surface area contributed by atoms with Crippen LogP contribution in [0.1, 0.15) is 15.9 Å². The van der Waals surface area contributed by atoms with Crippen molar-refractivity contribution in [3.63, 3.8) is 0 Å². The fourth-order valence-corrected chi connectivity index (χ4v) is 3.43. The molecule has 0 aliphatic carbocycles. The minimum atomic E-state index is -1.72. The number of hydrogen-bond acceptors (Lipinski definition) is 11. The van der Waals surface area contributed by atoms with E-state index in [2.05, 4.69) is 0 Å². The summed E-state index contributed by atoms with van der Waals surface area (Å²) in [6, 6.07) is 6.13. The summed E-state index contributed by atoms with van der Waals surface area (Å²) in [4.78, 5) is 12.9. The topological polar surface area (TPSA) is 186 Å². The number of fused-ring (bicyclic) bond motifs is 1. The molecule has 2 aliphatic rings. The SMILES string of the molecule is O=C1C(=Cc2ccc(O)c(O)c2)Oc2cc(O)cc(OC3OC(CO)C(O)C(O)C3O)c21. The number of rotatable bonds is 4. The number of aromatic hydroxyl groups is 3. The molecule has 0 radical (unpaired) electrons. The molecule has 170 valence electrons. The van der Waals surface area contributed by atoms with Crippen LogP contribution in [0, 0.1) is 0 Å². The van der Waals surface area contributed by atoms with Gasteiger partial charge in [0.25, 0.3) is 0 Å². The number of allylic oxidation sites excluding steroid dienone is 1. The van der Waals surface area contributed by atoms with Crippen molar-refractivity contribution in [1.82, 2.24) is 0 Å². The molecule has 32 heavy (non-hydrogen) atoms. The lowest BCUT2D eigenvalue weighted by Crippen LogP contribution is -2.60. The number of ether oxygens (including phenoxy) is 3. The average molecular weight is 448 g/mol. The Kier molecular flexibility index (Phi) is 5.67. The highest BCUT2D eigenvalue weighted by atomic mass is 16.7. The van der Waals surface area contributed by atoms with Crippen LogP contribution in [-0.2, 0) is 4.74 Å². The molecule has 0 amide bonds. The Hall–Kier alpha value is -3.35. The molecule has 0 aromatic heterocycles. The average Bonchev–Trinajstić information content (AvgIpc) is 3.06. The van der Waals surface area contributed by atoms with Crippen LogP contribution in [-0.4, -0.2) is 78.8 Å². The van der Waals surface area contributed by atoms with E-state index in [1.165, 1.54) is 30.3 Å². The molecule has 2 aliphatic heterocycles. The van der Waals surface area contributed by atoms with Gasteiger partial charge >= 0.3 is 0 Å². The third-order valence-electron chi connectivity index (χ3n) is 5.11. The first-order valence-corrected chi connectivity index (χ1v) is 9.50. The standard InChI is InChI=1S/C21H20O11/c22-7-15-18(27)19(28)20(29)21(32-15)31-13-6-9(23)5-12-16(13)17(26)14(30-12)4-8-1-2-10(24)11(25)3-8/h1-6,15,18-25,27-29H,7H2. The number of benzene rings is 2. The maximum Gasteiger partial charge on any atom is 0.235 e.